The van der Waals surface area contributed by atoms with Crippen LogP contribution in [0.25, 0.3) is 11.3 Å². The van der Waals surface area contributed by atoms with Crippen molar-refractivity contribution in [1.82, 2.24) is 9.55 Å². The minimum atomic E-state index is 0.428. The molecule has 2 rings (SSSR count). The van der Waals surface area contributed by atoms with Crippen molar-refractivity contribution in [2.75, 3.05) is 5.73 Å². The van der Waals surface area contributed by atoms with Crippen LogP contribution < -0.4 is 5.73 Å². The SMILES string of the molecule is C#CCn1c(C)nc(-c2ccc(Cl)cc2C)c1N. The average molecular weight is 260 g/mol. The Bertz CT molecular complexity index is 635. The Balaban J connectivity index is 2.58. The second kappa shape index (κ2) is 4.75. The molecule has 0 aliphatic carbocycles. The van der Waals surface area contributed by atoms with Gasteiger partial charge in [0.25, 0.3) is 0 Å². The van der Waals surface area contributed by atoms with Gasteiger partial charge >= 0.3 is 0 Å². The summed E-state index contributed by atoms with van der Waals surface area (Å²) in [4.78, 5) is 4.49. The number of aromatic nitrogens is 2. The van der Waals surface area contributed by atoms with Crippen LogP contribution in [0.5, 0.6) is 0 Å². The second-order valence-electron chi connectivity index (χ2n) is 4.14. The first kappa shape index (κ1) is 12.5. The van der Waals surface area contributed by atoms with E-state index in [4.69, 9.17) is 23.8 Å². The summed E-state index contributed by atoms with van der Waals surface area (Å²) < 4.78 is 1.82. The Morgan fingerprint density at radius 3 is 2.78 bits per heavy atom. The van der Waals surface area contributed by atoms with Gasteiger partial charge in [-0.25, -0.2) is 4.98 Å². The number of terminal acetylenes is 1. The number of nitrogen functional groups attached to an aromatic ring is 1. The Hall–Kier alpha value is -1.92. The molecule has 4 heteroatoms. The highest BCUT2D eigenvalue weighted by Crippen LogP contribution is 2.30. The number of aryl methyl sites for hydroxylation is 2. The third kappa shape index (κ3) is 2.07. The van der Waals surface area contributed by atoms with Crippen LogP contribution in [0.15, 0.2) is 18.2 Å². The molecule has 92 valence electrons. The van der Waals surface area contributed by atoms with Gasteiger partial charge in [0.15, 0.2) is 0 Å². The number of nitrogens with two attached hydrogens (primary N) is 1. The molecule has 1 aromatic heterocycles. The van der Waals surface area contributed by atoms with E-state index in [0.29, 0.717) is 17.4 Å². The minimum absolute atomic E-state index is 0.428. The maximum Gasteiger partial charge on any atom is 0.132 e. The molecule has 1 aromatic carbocycles. The lowest BCUT2D eigenvalue weighted by atomic mass is 10.1. The van der Waals surface area contributed by atoms with Gasteiger partial charge in [0.05, 0.1) is 6.54 Å². The Kier molecular flexibility index (Phi) is 3.31. The van der Waals surface area contributed by atoms with E-state index in [-0.39, 0.29) is 0 Å². The van der Waals surface area contributed by atoms with Crippen LogP contribution in [0.4, 0.5) is 5.82 Å². The topological polar surface area (TPSA) is 43.8 Å². The van der Waals surface area contributed by atoms with Crippen molar-refractivity contribution in [3.8, 4) is 23.6 Å². The molecule has 0 unspecified atom stereocenters. The van der Waals surface area contributed by atoms with Gasteiger partial charge in [-0.05, 0) is 31.5 Å². The van der Waals surface area contributed by atoms with Gasteiger partial charge in [-0.15, -0.1) is 6.42 Å². The van der Waals surface area contributed by atoms with Crippen molar-refractivity contribution < 1.29 is 0 Å². The lowest BCUT2D eigenvalue weighted by molar-refractivity contribution is 0.807. The van der Waals surface area contributed by atoms with Crippen molar-refractivity contribution in [1.29, 1.82) is 0 Å². The molecule has 0 aliphatic heterocycles. The number of hydrogen-bond acceptors (Lipinski definition) is 2. The fourth-order valence-corrected chi connectivity index (χ4v) is 2.19. The van der Waals surface area contributed by atoms with Crippen LogP contribution in [0.1, 0.15) is 11.4 Å². The molecule has 0 bridgehead atoms. The molecule has 0 saturated heterocycles. The van der Waals surface area contributed by atoms with Crippen LogP contribution in [-0.4, -0.2) is 9.55 Å². The molecule has 0 aliphatic rings. The molecule has 1 heterocycles. The number of benzene rings is 1. The molecular weight excluding hydrogens is 246 g/mol. The molecule has 2 aromatic rings. The maximum atomic E-state index is 6.10. The van der Waals surface area contributed by atoms with E-state index in [1.807, 2.05) is 36.6 Å². The predicted octanol–water partition coefficient (Wildman–Crippen LogP) is 3.04. The van der Waals surface area contributed by atoms with Crippen LogP contribution >= 0.6 is 11.6 Å². The van der Waals surface area contributed by atoms with Crippen molar-refractivity contribution in [2.45, 2.75) is 20.4 Å². The Morgan fingerprint density at radius 1 is 1.44 bits per heavy atom. The quantitative estimate of drug-likeness (QED) is 0.843. The Labute approximate surface area is 112 Å². The number of rotatable bonds is 2. The molecular formula is C14H14ClN3. The molecule has 3 nitrogen and oxygen atoms in total. The molecule has 0 amide bonds. The van der Waals surface area contributed by atoms with Crippen molar-refractivity contribution in [3.05, 3.63) is 34.6 Å². The first-order chi connectivity index (χ1) is 8.54. The minimum Gasteiger partial charge on any atom is -0.383 e. The lowest BCUT2D eigenvalue weighted by Crippen LogP contribution is -2.03. The van der Waals surface area contributed by atoms with Crippen molar-refractivity contribution in [3.63, 3.8) is 0 Å². The number of imidazole rings is 1. The summed E-state index contributed by atoms with van der Waals surface area (Å²) in [6.07, 6.45) is 5.32. The molecule has 0 radical (unpaired) electrons. The van der Waals surface area contributed by atoms with Crippen molar-refractivity contribution >= 4 is 17.4 Å². The highest BCUT2D eigenvalue weighted by Gasteiger charge is 2.14. The molecule has 2 N–H and O–H groups in total. The third-order valence-electron chi connectivity index (χ3n) is 2.89. The Morgan fingerprint density at radius 2 is 2.17 bits per heavy atom. The maximum absolute atomic E-state index is 6.10. The smallest absolute Gasteiger partial charge is 0.132 e. The van der Waals surface area contributed by atoms with E-state index in [1.165, 1.54) is 0 Å². The van der Waals surface area contributed by atoms with E-state index in [9.17, 15) is 0 Å². The summed E-state index contributed by atoms with van der Waals surface area (Å²) in [5.74, 6) is 3.98. The number of hydrogen-bond donors (Lipinski definition) is 1. The summed E-state index contributed by atoms with van der Waals surface area (Å²) in [5.41, 5.74) is 8.89. The highest BCUT2D eigenvalue weighted by molar-refractivity contribution is 6.30. The zero-order chi connectivity index (χ0) is 13.3. The number of halogens is 1. The van der Waals surface area contributed by atoms with Crippen LogP contribution in [0, 0.1) is 26.2 Å². The van der Waals surface area contributed by atoms with Gasteiger partial charge in [-0.3, -0.25) is 0 Å². The fourth-order valence-electron chi connectivity index (χ4n) is 1.96. The molecule has 0 spiro atoms. The lowest BCUT2D eigenvalue weighted by Gasteiger charge is -2.06. The van der Waals surface area contributed by atoms with Gasteiger partial charge in [-0.1, -0.05) is 23.6 Å². The summed E-state index contributed by atoms with van der Waals surface area (Å²) >= 11 is 5.95. The predicted molar refractivity (Wildman–Crippen MR) is 75.4 cm³/mol. The van der Waals surface area contributed by atoms with Gasteiger partial charge in [0.1, 0.15) is 17.3 Å². The van der Waals surface area contributed by atoms with Crippen LogP contribution in [0.3, 0.4) is 0 Å². The van der Waals surface area contributed by atoms with E-state index < -0.39 is 0 Å². The van der Waals surface area contributed by atoms with Crippen molar-refractivity contribution in [2.24, 2.45) is 0 Å². The van der Waals surface area contributed by atoms with Crippen LogP contribution in [-0.2, 0) is 6.54 Å². The largest absolute Gasteiger partial charge is 0.383 e. The van der Waals surface area contributed by atoms with E-state index in [0.717, 1.165) is 22.6 Å². The average Bonchev–Trinajstić information content (AvgIpc) is 2.58. The fraction of sp³-hybridized carbons (Fsp3) is 0.214. The summed E-state index contributed by atoms with van der Waals surface area (Å²) in [6, 6.07) is 5.65. The first-order valence-corrected chi connectivity index (χ1v) is 5.95. The van der Waals surface area contributed by atoms with Gasteiger partial charge in [0, 0.05) is 10.6 Å². The van der Waals surface area contributed by atoms with Gasteiger partial charge < -0.3 is 10.3 Å². The normalized spacial score (nSPS) is 10.3. The summed E-state index contributed by atoms with van der Waals surface area (Å²) in [6.45, 7) is 4.30. The van der Waals surface area contributed by atoms with Crippen LogP contribution in [0.2, 0.25) is 5.02 Å². The van der Waals surface area contributed by atoms with E-state index in [1.54, 1.807) is 0 Å². The standard InChI is InChI=1S/C14H14ClN3/c1-4-7-18-10(3)17-13(14(18)16)12-6-5-11(15)8-9(12)2/h1,5-6,8H,7,16H2,2-3H3. The summed E-state index contributed by atoms with van der Waals surface area (Å²) in [7, 11) is 0. The summed E-state index contributed by atoms with van der Waals surface area (Å²) in [5, 5.41) is 0.703. The molecule has 0 fully saturated rings. The molecule has 18 heavy (non-hydrogen) atoms. The molecule has 0 saturated carbocycles. The number of anilines is 1. The van der Waals surface area contributed by atoms with Gasteiger partial charge in [-0.2, -0.15) is 0 Å². The first-order valence-electron chi connectivity index (χ1n) is 5.57. The number of nitrogens with zero attached hydrogens (tertiary/aromatic N) is 2. The van der Waals surface area contributed by atoms with E-state index in [2.05, 4.69) is 10.9 Å². The third-order valence-corrected chi connectivity index (χ3v) is 3.13. The second-order valence-corrected chi connectivity index (χ2v) is 4.58. The van der Waals surface area contributed by atoms with Gasteiger partial charge in [0.2, 0.25) is 0 Å². The zero-order valence-electron chi connectivity index (χ0n) is 10.4. The van der Waals surface area contributed by atoms with E-state index >= 15 is 0 Å². The monoisotopic (exact) mass is 259 g/mol. The zero-order valence-corrected chi connectivity index (χ0v) is 11.1. The highest BCUT2D eigenvalue weighted by atomic mass is 35.5. The molecule has 0 atom stereocenters.